The van der Waals surface area contributed by atoms with Crippen molar-refractivity contribution in [3.63, 3.8) is 0 Å². The first-order chi connectivity index (χ1) is 18.5. The van der Waals surface area contributed by atoms with E-state index in [2.05, 4.69) is 36.2 Å². The molecule has 5 atom stereocenters. The first-order valence-corrected chi connectivity index (χ1v) is 13.2. The van der Waals surface area contributed by atoms with Crippen molar-refractivity contribution in [1.29, 1.82) is 0 Å². The zero-order valence-corrected chi connectivity index (χ0v) is 22.1. The molecule has 0 spiro atoms. The highest BCUT2D eigenvalue weighted by molar-refractivity contribution is 5.17. The van der Waals surface area contributed by atoms with E-state index in [1.165, 1.54) is 5.56 Å². The molecule has 0 bridgehead atoms. The van der Waals surface area contributed by atoms with Crippen molar-refractivity contribution in [1.82, 2.24) is 5.32 Å². The molecular weight excluding hydrogens is 478 g/mol. The lowest BCUT2D eigenvalue weighted by atomic mass is 10.00. The van der Waals surface area contributed by atoms with E-state index in [-0.39, 0.29) is 12.6 Å². The topological polar surface area (TPSA) is 58.2 Å². The maximum atomic E-state index is 6.76. The van der Waals surface area contributed by atoms with Crippen molar-refractivity contribution in [3.8, 4) is 0 Å². The van der Waals surface area contributed by atoms with Crippen molar-refractivity contribution >= 4 is 0 Å². The van der Waals surface area contributed by atoms with Gasteiger partial charge in [0.1, 0.15) is 24.9 Å². The van der Waals surface area contributed by atoms with Crippen LogP contribution in [0.25, 0.3) is 0 Å². The Labute approximate surface area is 225 Å². The van der Waals surface area contributed by atoms with E-state index in [1.807, 2.05) is 86.7 Å². The fourth-order valence-corrected chi connectivity index (χ4v) is 5.19. The Morgan fingerprint density at radius 2 is 1.42 bits per heavy atom. The standard InChI is InChI=1S/C32H37NO5/c1-4-27(33-20-24-14-8-5-9-15-24)28-29(35-22-26-18-12-7-13-19-26)30-32(36-28,38-31(2,3)37-30)23-34-21-25-16-10-6-11-17-25/h4-19,27-30,33H,1,20-23H2,2-3H3/t27-,28-,29+,30-,32-/m0/s1. The van der Waals surface area contributed by atoms with E-state index in [9.17, 15) is 0 Å². The average Bonchev–Trinajstić information content (AvgIpc) is 3.36. The SMILES string of the molecule is C=C[C@H](NCc1ccccc1)[C@@H]1O[C@@]2(COCc3ccccc3)OC(C)(C)O[C@H]2[C@@H]1OCc1ccccc1. The molecule has 38 heavy (non-hydrogen) atoms. The molecule has 0 aromatic heterocycles. The number of hydrogen-bond donors (Lipinski definition) is 1. The molecule has 2 saturated heterocycles. The van der Waals surface area contributed by atoms with Gasteiger partial charge < -0.3 is 29.0 Å². The summed E-state index contributed by atoms with van der Waals surface area (Å²) in [6, 6.07) is 30.2. The second kappa shape index (κ2) is 11.9. The summed E-state index contributed by atoms with van der Waals surface area (Å²) in [5, 5.41) is 3.59. The van der Waals surface area contributed by atoms with E-state index in [1.54, 1.807) is 0 Å². The van der Waals surface area contributed by atoms with Crippen molar-refractivity contribution in [2.45, 2.75) is 69.5 Å². The van der Waals surface area contributed by atoms with Gasteiger partial charge in [0.2, 0.25) is 5.79 Å². The van der Waals surface area contributed by atoms with Gasteiger partial charge in [-0.2, -0.15) is 0 Å². The van der Waals surface area contributed by atoms with Crippen molar-refractivity contribution in [2.75, 3.05) is 6.61 Å². The molecule has 0 saturated carbocycles. The molecule has 3 aromatic rings. The molecule has 6 heteroatoms. The minimum atomic E-state index is -1.11. The lowest BCUT2D eigenvalue weighted by Gasteiger charge is -2.31. The van der Waals surface area contributed by atoms with Crippen LogP contribution >= 0.6 is 0 Å². The number of rotatable bonds is 12. The Morgan fingerprint density at radius 1 is 0.842 bits per heavy atom. The Balaban J connectivity index is 1.37. The molecule has 2 aliphatic heterocycles. The molecule has 2 heterocycles. The molecule has 1 N–H and O–H groups in total. The second-order valence-corrected chi connectivity index (χ2v) is 10.3. The highest BCUT2D eigenvalue weighted by Crippen LogP contribution is 2.47. The fraction of sp³-hybridized carbons (Fsp3) is 0.375. The molecule has 6 nitrogen and oxygen atoms in total. The first kappa shape index (κ1) is 26.8. The van der Waals surface area contributed by atoms with Gasteiger partial charge in [0.15, 0.2) is 5.79 Å². The van der Waals surface area contributed by atoms with Crippen LogP contribution in [0, 0.1) is 0 Å². The van der Waals surface area contributed by atoms with Gasteiger partial charge >= 0.3 is 0 Å². The van der Waals surface area contributed by atoms with Crippen molar-refractivity contribution < 1.29 is 23.7 Å². The molecule has 5 rings (SSSR count). The largest absolute Gasteiger partial charge is 0.371 e. The Hall–Kier alpha value is -2.84. The minimum Gasteiger partial charge on any atom is -0.371 e. The maximum Gasteiger partial charge on any atom is 0.224 e. The van der Waals surface area contributed by atoms with Crippen molar-refractivity contribution in [2.24, 2.45) is 0 Å². The third-order valence-corrected chi connectivity index (χ3v) is 6.91. The highest BCUT2D eigenvalue weighted by Gasteiger charge is 2.66. The summed E-state index contributed by atoms with van der Waals surface area (Å²) in [5.41, 5.74) is 3.34. The summed E-state index contributed by atoms with van der Waals surface area (Å²) in [5.74, 6) is -1.96. The number of fused-ring (bicyclic) bond motifs is 1. The fourth-order valence-electron chi connectivity index (χ4n) is 5.19. The second-order valence-electron chi connectivity index (χ2n) is 10.3. The van der Waals surface area contributed by atoms with Gasteiger partial charge in [-0.1, -0.05) is 97.1 Å². The number of hydrogen-bond acceptors (Lipinski definition) is 6. The van der Waals surface area contributed by atoms with Gasteiger partial charge in [-0.3, -0.25) is 0 Å². The Kier molecular flexibility index (Phi) is 8.39. The normalized spacial score (nSPS) is 26.6. The van der Waals surface area contributed by atoms with E-state index < -0.39 is 29.9 Å². The molecule has 200 valence electrons. The summed E-state index contributed by atoms with van der Waals surface area (Å²) >= 11 is 0. The number of nitrogens with one attached hydrogen (secondary N) is 1. The van der Waals surface area contributed by atoms with Crippen molar-refractivity contribution in [3.05, 3.63) is 120 Å². The monoisotopic (exact) mass is 515 g/mol. The maximum absolute atomic E-state index is 6.76. The molecule has 0 radical (unpaired) electrons. The van der Waals surface area contributed by atoms with Crippen LogP contribution in [0.2, 0.25) is 0 Å². The van der Waals surface area contributed by atoms with Gasteiger partial charge in [-0.05, 0) is 30.5 Å². The van der Waals surface area contributed by atoms with Gasteiger partial charge in [-0.15, -0.1) is 6.58 Å². The number of benzene rings is 3. The molecule has 2 fully saturated rings. The number of ether oxygens (including phenoxy) is 5. The van der Waals surface area contributed by atoms with Crippen LogP contribution in [0.4, 0.5) is 0 Å². The van der Waals surface area contributed by atoms with Crippen LogP contribution in [0.15, 0.2) is 104 Å². The summed E-state index contributed by atoms with van der Waals surface area (Å²) < 4.78 is 32.4. The summed E-state index contributed by atoms with van der Waals surface area (Å²) in [4.78, 5) is 0. The Bertz CT molecular complexity index is 1160. The Morgan fingerprint density at radius 3 is 2.03 bits per heavy atom. The average molecular weight is 516 g/mol. The molecule has 0 unspecified atom stereocenters. The van der Waals surface area contributed by atoms with Crippen LogP contribution in [0.1, 0.15) is 30.5 Å². The quantitative estimate of drug-likeness (QED) is 0.327. The molecule has 0 amide bonds. The third-order valence-electron chi connectivity index (χ3n) is 6.91. The van der Waals surface area contributed by atoms with Gasteiger partial charge in [-0.25, -0.2) is 0 Å². The first-order valence-electron chi connectivity index (χ1n) is 13.2. The van der Waals surface area contributed by atoms with Gasteiger partial charge in [0, 0.05) is 6.54 Å². The van der Waals surface area contributed by atoms with Crippen LogP contribution in [-0.4, -0.2) is 42.5 Å². The van der Waals surface area contributed by atoms with Crippen LogP contribution in [-0.2, 0) is 43.4 Å². The van der Waals surface area contributed by atoms with Crippen LogP contribution < -0.4 is 5.32 Å². The predicted molar refractivity (Wildman–Crippen MR) is 146 cm³/mol. The van der Waals surface area contributed by atoms with E-state index in [0.717, 1.165) is 11.1 Å². The van der Waals surface area contributed by atoms with E-state index in [4.69, 9.17) is 23.7 Å². The zero-order valence-electron chi connectivity index (χ0n) is 22.1. The predicted octanol–water partition coefficient (Wildman–Crippen LogP) is 5.38. The third kappa shape index (κ3) is 6.24. The van der Waals surface area contributed by atoms with Crippen LogP contribution in [0.5, 0.6) is 0 Å². The molecular formula is C32H37NO5. The smallest absolute Gasteiger partial charge is 0.224 e. The summed E-state index contributed by atoms with van der Waals surface area (Å²) in [6.07, 6.45) is 0.574. The summed E-state index contributed by atoms with van der Waals surface area (Å²) in [7, 11) is 0. The van der Waals surface area contributed by atoms with Crippen LogP contribution in [0.3, 0.4) is 0 Å². The minimum absolute atomic E-state index is 0.206. The zero-order chi connectivity index (χ0) is 26.4. The van der Waals surface area contributed by atoms with Gasteiger partial charge in [0.05, 0.1) is 19.3 Å². The van der Waals surface area contributed by atoms with E-state index in [0.29, 0.717) is 19.8 Å². The lowest BCUT2D eigenvalue weighted by molar-refractivity contribution is -0.281. The van der Waals surface area contributed by atoms with E-state index >= 15 is 0 Å². The molecule has 2 aliphatic rings. The lowest BCUT2D eigenvalue weighted by Crippen LogP contribution is -2.47. The highest BCUT2D eigenvalue weighted by atomic mass is 16.9. The molecule has 3 aromatic carbocycles. The van der Waals surface area contributed by atoms with Gasteiger partial charge in [0.25, 0.3) is 0 Å². The summed E-state index contributed by atoms with van der Waals surface area (Å²) in [6.45, 7) is 9.65. The molecule has 0 aliphatic carbocycles.